The van der Waals surface area contributed by atoms with Crippen molar-refractivity contribution in [2.45, 2.75) is 33.2 Å². The van der Waals surface area contributed by atoms with Gasteiger partial charge in [0.2, 0.25) is 0 Å². The average Bonchev–Trinajstić information content (AvgIpc) is 2.02. The van der Waals surface area contributed by atoms with Gasteiger partial charge in [0.05, 0.1) is 6.04 Å². The molecule has 0 bridgehead atoms. The second-order valence-corrected chi connectivity index (χ2v) is 3.73. The molecule has 0 aliphatic heterocycles. The summed E-state index contributed by atoms with van der Waals surface area (Å²) >= 11 is 0. The molecule has 0 aliphatic carbocycles. The fourth-order valence-electron chi connectivity index (χ4n) is 0.836. The van der Waals surface area contributed by atoms with E-state index in [1.165, 1.54) is 0 Å². The summed E-state index contributed by atoms with van der Waals surface area (Å²) < 4.78 is 0. The minimum Gasteiger partial charge on any atom is -0.328 e. The molecule has 0 unspecified atom stereocenters. The summed E-state index contributed by atoms with van der Waals surface area (Å²) in [6, 6.07) is -0.466. The van der Waals surface area contributed by atoms with Crippen molar-refractivity contribution >= 4 is 5.78 Å². The smallest absolute Gasteiger partial charge is 0.151 e. The molecule has 0 fully saturated rings. The van der Waals surface area contributed by atoms with Gasteiger partial charge in [-0.25, -0.2) is 0 Å². The Morgan fingerprint density at radius 1 is 1.33 bits per heavy atom. The van der Waals surface area contributed by atoms with E-state index in [-0.39, 0.29) is 12.3 Å². The van der Waals surface area contributed by atoms with Crippen molar-refractivity contribution in [2.75, 3.05) is 6.54 Å². The minimum atomic E-state index is -0.466. The first-order chi connectivity index (χ1) is 5.49. The summed E-state index contributed by atoms with van der Waals surface area (Å²) in [4.78, 5) is 11.3. The highest BCUT2D eigenvalue weighted by Gasteiger charge is 2.16. The van der Waals surface area contributed by atoms with Crippen LogP contribution >= 0.6 is 0 Å². The van der Waals surface area contributed by atoms with E-state index in [1.54, 1.807) is 0 Å². The lowest BCUT2D eigenvalue weighted by Gasteiger charge is -2.16. The van der Waals surface area contributed by atoms with Crippen molar-refractivity contribution < 1.29 is 4.79 Å². The van der Waals surface area contributed by atoms with Crippen molar-refractivity contribution in [2.24, 2.45) is 23.3 Å². The van der Waals surface area contributed by atoms with E-state index in [1.807, 2.05) is 0 Å². The first-order valence-electron chi connectivity index (χ1n) is 4.47. The van der Waals surface area contributed by atoms with Crippen molar-refractivity contribution in [1.82, 2.24) is 0 Å². The van der Waals surface area contributed by atoms with E-state index in [9.17, 15) is 4.79 Å². The molecular weight excluding hydrogens is 152 g/mol. The van der Waals surface area contributed by atoms with Crippen LogP contribution in [0.25, 0.3) is 0 Å². The summed E-state index contributed by atoms with van der Waals surface area (Å²) in [6.45, 7) is 6.52. The molecule has 3 nitrogen and oxygen atoms in total. The summed E-state index contributed by atoms with van der Waals surface area (Å²) in [5.41, 5.74) is 10.8. The molecule has 0 spiro atoms. The fourth-order valence-corrected chi connectivity index (χ4v) is 0.836. The van der Waals surface area contributed by atoms with Crippen LogP contribution in [0.15, 0.2) is 0 Å². The molecule has 12 heavy (non-hydrogen) atoms. The van der Waals surface area contributed by atoms with Gasteiger partial charge in [-0.05, 0) is 11.8 Å². The second kappa shape index (κ2) is 5.27. The zero-order valence-corrected chi connectivity index (χ0v) is 8.21. The monoisotopic (exact) mass is 172 g/mol. The molecule has 0 rings (SSSR count). The van der Waals surface area contributed by atoms with Gasteiger partial charge in [0, 0.05) is 13.0 Å². The number of nitrogens with two attached hydrogens (primary N) is 2. The molecule has 0 aliphatic rings. The Morgan fingerprint density at radius 2 is 1.83 bits per heavy atom. The van der Waals surface area contributed by atoms with Crippen LogP contribution in [0, 0.1) is 11.8 Å². The van der Waals surface area contributed by atoms with E-state index in [4.69, 9.17) is 11.5 Å². The molecule has 0 saturated heterocycles. The predicted octanol–water partition coefficient (Wildman–Crippen LogP) is 0.524. The Labute approximate surface area is 74.5 Å². The number of ketones is 1. The normalized spacial score (nSPS) is 16.2. The van der Waals surface area contributed by atoms with E-state index >= 15 is 0 Å². The minimum absolute atomic E-state index is 0.0821. The zero-order valence-electron chi connectivity index (χ0n) is 8.21. The van der Waals surface area contributed by atoms with Gasteiger partial charge in [-0.2, -0.15) is 0 Å². The van der Waals surface area contributed by atoms with Gasteiger partial charge in [-0.1, -0.05) is 20.8 Å². The van der Waals surface area contributed by atoms with Gasteiger partial charge in [-0.3, -0.25) is 4.79 Å². The highest BCUT2D eigenvalue weighted by Crippen LogP contribution is 2.14. The number of hydrogen-bond donors (Lipinski definition) is 2. The molecule has 0 aromatic rings. The summed E-state index contributed by atoms with van der Waals surface area (Å²) in [6.07, 6.45) is 0.552. The topological polar surface area (TPSA) is 69.1 Å². The summed E-state index contributed by atoms with van der Waals surface area (Å²) in [5, 5.41) is 0. The Balaban J connectivity index is 3.84. The van der Waals surface area contributed by atoms with Gasteiger partial charge < -0.3 is 11.5 Å². The molecule has 0 amide bonds. The second-order valence-electron chi connectivity index (χ2n) is 3.73. The number of rotatable bonds is 5. The number of carbonyl (C=O) groups is 1. The van der Waals surface area contributed by atoms with Gasteiger partial charge in [0.25, 0.3) is 0 Å². The van der Waals surface area contributed by atoms with Gasteiger partial charge >= 0.3 is 0 Å². The van der Waals surface area contributed by atoms with Crippen molar-refractivity contribution in [3.05, 3.63) is 0 Å². The maximum Gasteiger partial charge on any atom is 0.151 e. The lowest BCUT2D eigenvalue weighted by molar-refractivity contribution is -0.121. The van der Waals surface area contributed by atoms with Gasteiger partial charge in [-0.15, -0.1) is 0 Å². The molecule has 4 N–H and O–H groups in total. The first-order valence-corrected chi connectivity index (χ1v) is 4.47. The van der Waals surface area contributed by atoms with Crippen LogP contribution in [-0.4, -0.2) is 18.4 Å². The summed E-state index contributed by atoms with van der Waals surface area (Å²) in [5.74, 6) is 1.01. The van der Waals surface area contributed by atoms with Crippen molar-refractivity contribution in [3.63, 3.8) is 0 Å². The predicted molar refractivity (Wildman–Crippen MR) is 50.7 cm³/mol. The Bertz CT molecular complexity index is 145. The standard InChI is InChI=1S/C9H20N2O/c1-6(2)7(3)4-9(12)8(11)5-10/h6-8H,4-5,10-11H2,1-3H3/t7-,8-/m0/s1. The number of Topliss-reactive ketones (excluding diaryl/α,β-unsaturated/α-hetero) is 1. The van der Waals surface area contributed by atoms with E-state index in [0.717, 1.165) is 0 Å². The van der Waals surface area contributed by atoms with Gasteiger partial charge in [0.1, 0.15) is 0 Å². The fraction of sp³-hybridized carbons (Fsp3) is 0.889. The van der Waals surface area contributed by atoms with Crippen LogP contribution in [0.3, 0.4) is 0 Å². The molecule has 0 radical (unpaired) electrons. The molecule has 3 heteroatoms. The number of carbonyl (C=O) groups excluding carboxylic acids is 1. The molecule has 0 aromatic carbocycles. The molecule has 0 heterocycles. The molecule has 72 valence electrons. The summed E-state index contributed by atoms with van der Waals surface area (Å²) in [7, 11) is 0. The van der Waals surface area contributed by atoms with E-state index in [0.29, 0.717) is 18.3 Å². The van der Waals surface area contributed by atoms with Crippen LogP contribution in [0.2, 0.25) is 0 Å². The van der Waals surface area contributed by atoms with E-state index < -0.39 is 6.04 Å². The SMILES string of the molecule is CC(C)[C@@H](C)CC(=O)[C@@H](N)CN. The first kappa shape index (κ1) is 11.6. The van der Waals surface area contributed by atoms with Crippen LogP contribution in [0.4, 0.5) is 0 Å². The van der Waals surface area contributed by atoms with Gasteiger partial charge in [0.15, 0.2) is 5.78 Å². The zero-order chi connectivity index (χ0) is 9.72. The Kier molecular flexibility index (Phi) is 5.09. The van der Waals surface area contributed by atoms with Crippen LogP contribution in [0.5, 0.6) is 0 Å². The highest BCUT2D eigenvalue weighted by atomic mass is 16.1. The van der Waals surface area contributed by atoms with Crippen LogP contribution in [-0.2, 0) is 4.79 Å². The maximum absolute atomic E-state index is 11.3. The third-order valence-corrected chi connectivity index (χ3v) is 2.33. The molecule has 0 saturated carbocycles. The average molecular weight is 172 g/mol. The Hall–Kier alpha value is -0.410. The largest absolute Gasteiger partial charge is 0.328 e. The lowest BCUT2D eigenvalue weighted by atomic mass is 9.91. The Morgan fingerprint density at radius 3 is 2.17 bits per heavy atom. The maximum atomic E-state index is 11.3. The molecular formula is C9H20N2O. The quantitative estimate of drug-likeness (QED) is 0.635. The van der Waals surface area contributed by atoms with Crippen LogP contribution in [0.1, 0.15) is 27.2 Å². The van der Waals surface area contributed by atoms with Crippen molar-refractivity contribution in [1.29, 1.82) is 0 Å². The van der Waals surface area contributed by atoms with Crippen LogP contribution < -0.4 is 11.5 Å². The highest BCUT2D eigenvalue weighted by molar-refractivity contribution is 5.84. The third-order valence-electron chi connectivity index (χ3n) is 2.33. The third kappa shape index (κ3) is 3.83. The van der Waals surface area contributed by atoms with Crippen molar-refractivity contribution in [3.8, 4) is 0 Å². The van der Waals surface area contributed by atoms with E-state index in [2.05, 4.69) is 20.8 Å². The molecule has 2 atom stereocenters. The molecule has 0 aromatic heterocycles. The lowest BCUT2D eigenvalue weighted by Crippen LogP contribution is -2.38. The number of hydrogen-bond acceptors (Lipinski definition) is 3.